The zero-order valence-corrected chi connectivity index (χ0v) is 18.5. The van der Waals surface area contributed by atoms with Gasteiger partial charge in [0.2, 0.25) is 0 Å². The van der Waals surface area contributed by atoms with Gasteiger partial charge in [-0.3, -0.25) is 19.8 Å². The number of allylic oxidation sites excluding steroid dienone is 1. The van der Waals surface area contributed by atoms with Gasteiger partial charge in [0, 0.05) is 12.6 Å². The van der Waals surface area contributed by atoms with Crippen LogP contribution in [0.4, 0.5) is 0 Å². The van der Waals surface area contributed by atoms with Gasteiger partial charge in [-0.25, -0.2) is 0 Å². The van der Waals surface area contributed by atoms with Crippen molar-refractivity contribution >= 4 is 35.2 Å². The van der Waals surface area contributed by atoms with Gasteiger partial charge in [-0.2, -0.15) is 0 Å². The average Bonchev–Trinajstić information content (AvgIpc) is 2.75. The molecule has 6 nitrogen and oxygen atoms in total. The van der Waals surface area contributed by atoms with E-state index in [-0.39, 0.29) is 10.7 Å². The van der Waals surface area contributed by atoms with E-state index in [0.29, 0.717) is 30.1 Å². The molecule has 1 aliphatic rings. The Morgan fingerprint density at radius 1 is 1.19 bits per heavy atom. The highest BCUT2D eigenvalue weighted by atomic mass is 32.1. The molecule has 0 radical (unpaired) electrons. The maximum absolute atomic E-state index is 12.5. The Morgan fingerprint density at radius 3 is 2.55 bits per heavy atom. The minimum Gasteiger partial charge on any atom is -0.493 e. The summed E-state index contributed by atoms with van der Waals surface area (Å²) in [5, 5.41) is 2.59. The number of hydrogen-bond donors (Lipinski definition) is 1. The Hall–Kier alpha value is -3.45. The van der Waals surface area contributed by atoms with Crippen LogP contribution in [-0.4, -0.2) is 36.0 Å². The molecule has 0 aliphatic carbocycles. The Morgan fingerprint density at radius 2 is 1.90 bits per heavy atom. The number of nitrogens with zero attached hydrogens (tertiary/aromatic N) is 1. The highest BCUT2D eigenvalue weighted by Gasteiger charge is 2.30. The molecule has 1 heterocycles. The largest absolute Gasteiger partial charge is 0.493 e. The first-order valence-electron chi connectivity index (χ1n) is 9.69. The quantitative estimate of drug-likeness (QED) is 0.311. The molecule has 0 atom stereocenters. The number of hydrogen-bond acceptors (Lipinski definition) is 5. The van der Waals surface area contributed by atoms with Crippen molar-refractivity contribution in [3.63, 3.8) is 0 Å². The smallest absolute Gasteiger partial charge is 0.265 e. The third kappa shape index (κ3) is 5.00. The van der Waals surface area contributed by atoms with E-state index in [2.05, 4.69) is 11.9 Å². The molecule has 3 rings (SSSR count). The summed E-state index contributed by atoms with van der Waals surface area (Å²) in [6.07, 6.45) is 3.81. The maximum Gasteiger partial charge on any atom is 0.265 e. The van der Waals surface area contributed by atoms with Crippen LogP contribution in [0.5, 0.6) is 11.5 Å². The van der Waals surface area contributed by atoms with Crippen molar-refractivity contribution in [2.24, 2.45) is 0 Å². The summed E-state index contributed by atoms with van der Waals surface area (Å²) in [4.78, 5) is 26.0. The van der Waals surface area contributed by atoms with Crippen molar-refractivity contribution in [2.75, 3.05) is 14.2 Å². The van der Waals surface area contributed by atoms with Crippen LogP contribution in [0.2, 0.25) is 0 Å². The number of nitrogens with one attached hydrogen (secondary N) is 1. The van der Waals surface area contributed by atoms with Crippen molar-refractivity contribution in [1.82, 2.24) is 10.2 Å². The van der Waals surface area contributed by atoms with Crippen LogP contribution in [0.3, 0.4) is 0 Å². The molecule has 0 bridgehead atoms. The van der Waals surface area contributed by atoms with Gasteiger partial charge < -0.3 is 9.47 Å². The monoisotopic (exact) mass is 436 g/mol. The number of carbonyl (C=O) groups excluding carboxylic acids is 2. The van der Waals surface area contributed by atoms with E-state index >= 15 is 0 Å². The molecule has 1 aliphatic heterocycles. The molecular formula is C24H24N2O4S. The van der Waals surface area contributed by atoms with Gasteiger partial charge in [-0.1, -0.05) is 35.9 Å². The molecule has 7 heteroatoms. The molecule has 0 spiro atoms. The fourth-order valence-corrected chi connectivity index (χ4v) is 3.32. The van der Waals surface area contributed by atoms with Gasteiger partial charge in [-0.15, -0.1) is 6.58 Å². The van der Waals surface area contributed by atoms with E-state index in [1.165, 1.54) is 23.6 Å². The molecule has 2 aromatic carbocycles. The van der Waals surface area contributed by atoms with Gasteiger partial charge >= 0.3 is 0 Å². The first kappa shape index (κ1) is 22.2. The highest BCUT2D eigenvalue weighted by molar-refractivity contribution is 7.80. The van der Waals surface area contributed by atoms with Crippen LogP contribution in [0.25, 0.3) is 6.08 Å². The SMILES string of the molecule is C=CCc1cc(/C=C2\C(=O)NC(=S)N(C)C2=O)cc(OC)c1OCc1ccc(C)cc1. The maximum atomic E-state index is 12.5. The minimum absolute atomic E-state index is 0.00368. The Labute approximate surface area is 187 Å². The van der Waals surface area contributed by atoms with Gasteiger partial charge in [0.15, 0.2) is 16.6 Å². The zero-order valence-electron chi connectivity index (χ0n) is 17.7. The molecule has 1 fully saturated rings. The molecule has 0 saturated carbocycles. The number of aryl methyl sites for hydroxylation is 1. The molecular weight excluding hydrogens is 412 g/mol. The number of thiocarbonyl (C=S) groups is 1. The second kappa shape index (κ2) is 9.57. The topological polar surface area (TPSA) is 67.9 Å². The minimum atomic E-state index is -0.531. The number of amides is 2. The van der Waals surface area contributed by atoms with Crippen molar-refractivity contribution < 1.29 is 19.1 Å². The van der Waals surface area contributed by atoms with E-state index in [0.717, 1.165) is 11.1 Å². The lowest BCUT2D eigenvalue weighted by Crippen LogP contribution is -2.52. The lowest BCUT2D eigenvalue weighted by atomic mass is 10.0. The van der Waals surface area contributed by atoms with Crippen molar-refractivity contribution in [1.29, 1.82) is 0 Å². The first-order chi connectivity index (χ1) is 14.8. The van der Waals surface area contributed by atoms with Crippen LogP contribution in [-0.2, 0) is 22.6 Å². The van der Waals surface area contributed by atoms with E-state index < -0.39 is 11.8 Å². The molecule has 2 amide bonds. The lowest BCUT2D eigenvalue weighted by Gasteiger charge is -2.25. The molecule has 0 aromatic heterocycles. The standard InChI is InChI=1S/C24H24N2O4S/c1-5-6-18-11-17(12-19-22(27)25-24(31)26(3)23(19)28)13-20(29-4)21(18)30-14-16-9-7-15(2)8-10-16/h5,7-13H,1,6,14H2,2-4H3,(H,25,27,31)/b19-12+. The summed E-state index contributed by atoms with van der Waals surface area (Å²) in [5.74, 6) is 0.114. The van der Waals surface area contributed by atoms with E-state index in [1.54, 1.807) is 19.3 Å². The summed E-state index contributed by atoms with van der Waals surface area (Å²) in [6, 6.07) is 11.7. The van der Waals surface area contributed by atoms with Crippen LogP contribution in [0, 0.1) is 6.92 Å². The predicted octanol–water partition coefficient (Wildman–Crippen LogP) is 3.57. The van der Waals surface area contributed by atoms with E-state index in [9.17, 15) is 9.59 Å². The normalized spacial score (nSPS) is 15.1. The Balaban J connectivity index is 1.96. The third-order valence-electron chi connectivity index (χ3n) is 4.86. The molecule has 1 N–H and O–H groups in total. The Bertz CT molecular complexity index is 1070. The van der Waals surface area contributed by atoms with Crippen LogP contribution in [0.15, 0.2) is 54.6 Å². The average molecular weight is 437 g/mol. The van der Waals surface area contributed by atoms with Gasteiger partial charge in [0.05, 0.1) is 7.11 Å². The van der Waals surface area contributed by atoms with Gasteiger partial charge in [0.25, 0.3) is 11.8 Å². The number of carbonyl (C=O) groups is 2. The fourth-order valence-electron chi connectivity index (χ4n) is 3.14. The Kier molecular flexibility index (Phi) is 6.87. The van der Waals surface area contributed by atoms with Crippen LogP contribution < -0.4 is 14.8 Å². The summed E-state index contributed by atoms with van der Waals surface area (Å²) in [7, 11) is 3.07. The molecule has 31 heavy (non-hydrogen) atoms. The third-order valence-corrected chi connectivity index (χ3v) is 5.23. The molecule has 160 valence electrons. The summed E-state index contributed by atoms with van der Waals surface area (Å²) in [5.41, 5.74) is 3.68. The number of rotatable bonds is 7. The number of benzene rings is 2. The second-order valence-electron chi connectivity index (χ2n) is 7.16. The predicted molar refractivity (Wildman–Crippen MR) is 124 cm³/mol. The van der Waals surface area contributed by atoms with E-state index in [1.807, 2.05) is 37.3 Å². The van der Waals surface area contributed by atoms with Gasteiger partial charge in [-0.05, 0) is 54.9 Å². The van der Waals surface area contributed by atoms with Crippen molar-refractivity contribution in [2.45, 2.75) is 20.0 Å². The second-order valence-corrected chi connectivity index (χ2v) is 7.55. The van der Waals surface area contributed by atoms with Crippen LogP contribution >= 0.6 is 12.2 Å². The number of methoxy groups -OCH3 is 1. The molecule has 1 saturated heterocycles. The summed E-state index contributed by atoms with van der Waals surface area (Å²) in [6.45, 7) is 6.23. The lowest BCUT2D eigenvalue weighted by molar-refractivity contribution is -0.128. The summed E-state index contributed by atoms with van der Waals surface area (Å²) >= 11 is 4.99. The van der Waals surface area contributed by atoms with Gasteiger partial charge in [0.1, 0.15) is 12.2 Å². The van der Waals surface area contributed by atoms with E-state index in [4.69, 9.17) is 21.7 Å². The number of ether oxygens (including phenoxy) is 2. The number of likely N-dealkylation sites (N-methyl/N-ethyl adjacent to an activating group) is 1. The van der Waals surface area contributed by atoms with Crippen molar-refractivity contribution in [3.05, 3.63) is 76.9 Å². The van der Waals surface area contributed by atoms with Crippen LogP contribution in [0.1, 0.15) is 22.3 Å². The molecule has 2 aromatic rings. The first-order valence-corrected chi connectivity index (χ1v) is 10.1. The zero-order chi connectivity index (χ0) is 22.5. The highest BCUT2D eigenvalue weighted by Crippen LogP contribution is 2.35. The summed E-state index contributed by atoms with van der Waals surface area (Å²) < 4.78 is 11.6. The van der Waals surface area contributed by atoms with Crippen molar-refractivity contribution in [3.8, 4) is 11.5 Å². The molecule has 0 unspecified atom stereocenters. The fraction of sp³-hybridized carbons (Fsp3) is 0.208.